The summed E-state index contributed by atoms with van der Waals surface area (Å²) in [6.45, 7) is 0.902. The predicted octanol–water partition coefficient (Wildman–Crippen LogP) is 2.70. The molecule has 1 heterocycles. The summed E-state index contributed by atoms with van der Waals surface area (Å²) in [5, 5.41) is 0.625. The molecule has 144 valence electrons. The lowest BCUT2D eigenvalue weighted by molar-refractivity contribution is -0.193. The highest BCUT2D eigenvalue weighted by Gasteiger charge is 2.54. The van der Waals surface area contributed by atoms with Gasteiger partial charge in [0.25, 0.3) is 11.8 Å². The van der Waals surface area contributed by atoms with Gasteiger partial charge in [0, 0.05) is 7.11 Å². The average Bonchev–Trinajstić information content (AvgIpc) is 2.95. The van der Waals surface area contributed by atoms with Crippen LogP contribution in [0, 0.1) is 10.8 Å². The number of benzene rings is 1. The number of carbonyl (C=O) groups is 3. The molecule has 2 amide bonds. The molecular weight excluding hydrogens is 350 g/mol. The van der Waals surface area contributed by atoms with Crippen LogP contribution in [0.3, 0.4) is 0 Å². The quantitative estimate of drug-likeness (QED) is 0.433. The summed E-state index contributed by atoms with van der Waals surface area (Å²) in [5.74, 6) is -1.62. The number of methoxy groups -OCH3 is 1. The summed E-state index contributed by atoms with van der Waals surface area (Å²) in [7, 11) is 1.60. The number of carbonyl (C=O) groups excluding carboxylic acids is 3. The van der Waals surface area contributed by atoms with Crippen molar-refractivity contribution in [2.75, 3.05) is 20.5 Å². The van der Waals surface area contributed by atoms with Gasteiger partial charge in [-0.25, -0.2) is 4.79 Å². The van der Waals surface area contributed by atoms with Crippen molar-refractivity contribution in [1.82, 2.24) is 5.06 Å². The molecular formula is C20H23NO6. The first kappa shape index (κ1) is 18.1. The van der Waals surface area contributed by atoms with Gasteiger partial charge in [-0.15, -0.1) is 0 Å². The van der Waals surface area contributed by atoms with Gasteiger partial charge < -0.3 is 14.3 Å². The predicted molar refractivity (Wildman–Crippen MR) is 93.4 cm³/mol. The van der Waals surface area contributed by atoms with Crippen molar-refractivity contribution in [3.8, 4) is 0 Å². The van der Waals surface area contributed by atoms with E-state index in [1.807, 2.05) is 0 Å². The SMILES string of the molecule is COCOCC12CCC(C(=O)ON3C(=O)c4ccccc4C3=O)(CC1)CC2. The average molecular weight is 373 g/mol. The number of rotatable bonds is 6. The maximum absolute atomic E-state index is 12.9. The van der Waals surface area contributed by atoms with Crippen molar-refractivity contribution >= 4 is 17.8 Å². The Morgan fingerprint density at radius 1 is 1.00 bits per heavy atom. The van der Waals surface area contributed by atoms with E-state index in [1.165, 1.54) is 0 Å². The van der Waals surface area contributed by atoms with E-state index in [4.69, 9.17) is 14.3 Å². The minimum absolute atomic E-state index is 0.0933. The number of hydrogen-bond donors (Lipinski definition) is 0. The van der Waals surface area contributed by atoms with Crippen LogP contribution >= 0.6 is 0 Å². The highest BCUT2D eigenvalue weighted by atomic mass is 16.7. The lowest BCUT2D eigenvalue weighted by Gasteiger charge is -2.51. The van der Waals surface area contributed by atoms with Crippen LogP contribution in [0.25, 0.3) is 0 Å². The Bertz CT molecular complexity index is 729. The summed E-state index contributed by atoms with van der Waals surface area (Å²) in [6.07, 6.45) is 4.66. The Morgan fingerprint density at radius 3 is 2.07 bits per heavy atom. The molecule has 0 unspecified atom stereocenters. The molecule has 0 aromatic heterocycles. The zero-order valence-corrected chi connectivity index (χ0v) is 15.4. The van der Waals surface area contributed by atoms with Crippen LogP contribution in [0.15, 0.2) is 24.3 Å². The Kier molecular flexibility index (Phi) is 4.52. The Morgan fingerprint density at radius 2 is 1.56 bits per heavy atom. The van der Waals surface area contributed by atoms with Crippen LogP contribution in [0.2, 0.25) is 0 Å². The summed E-state index contributed by atoms with van der Waals surface area (Å²) >= 11 is 0. The van der Waals surface area contributed by atoms with E-state index in [0.717, 1.165) is 19.3 Å². The van der Waals surface area contributed by atoms with Crippen LogP contribution in [0.1, 0.15) is 59.2 Å². The van der Waals surface area contributed by atoms with Crippen LogP contribution in [0.5, 0.6) is 0 Å². The van der Waals surface area contributed by atoms with Gasteiger partial charge in [0.15, 0.2) is 0 Å². The number of hydrogen-bond acceptors (Lipinski definition) is 6. The van der Waals surface area contributed by atoms with Crippen LogP contribution < -0.4 is 0 Å². The molecule has 1 aromatic carbocycles. The molecule has 3 aliphatic carbocycles. The summed E-state index contributed by atoms with van der Waals surface area (Å²) in [6, 6.07) is 6.50. The number of fused-ring (bicyclic) bond motifs is 4. The fraction of sp³-hybridized carbons (Fsp3) is 0.550. The molecule has 1 aromatic rings. The molecule has 0 atom stereocenters. The van der Waals surface area contributed by atoms with Crippen molar-refractivity contribution in [1.29, 1.82) is 0 Å². The topological polar surface area (TPSA) is 82.1 Å². The molecule has 7 heteroatoms. The first-order valence-electron chi connectivity index (χ1n) is 9.27. The Balaban J connectivity index is 1.42. The highest BCUT2D eigenvalue weighted by Crippen LogP contribution is 2.57. The van der Waals surface area contributed by atoms with Gasteiger partial charge in [0.05, 0.1) is 23.1 Å². The number of ether oxygens (including phenoxy) is 2. The highest BCUT2D eigenvalue weighted by molar-refractivity contribution is 6.20. The van der Waals surface area contributed by atoms with E-state index in [1.54, 1.807) is 31.4 Å². The summed E-state index contributed by atoms with van der Waals surface area (Å²) < 4.78 is 10.5. The third kappa shape index (κ3) is 2.95. The fourth-order valence-corrected chi connectivity index (χ4v) is 4.56. The smallest absolute Gasteiger partial charge is 0.339 e. The van der Waals surface area contributed by atoms with Crippen LogP contribution in [0.4, 0.5) is 0 Å². The van der Waals surface area contributed by atoms with Gasteiger partial charge in [-0.05, 0) is 56.1 Å². The van der Waals surface area contributed by atoms with Gasteiger partial charge in [-0.1, -0.05) is 17.2 Å². The molecule has 3 fully saturated rings. The molecule has 1 aliphatic heterocycles. The zero-order valence-electron chi connectivity index (χ0n) is 15.4. The van der Waals surface area contributed by atoms with Gasteiger partial charge in [0.2, 0.25) is 0 Å². The maximum Gasteiger partial charge on any atom is 0.339 e. The maximum atomic E-state index is 12.9. The second-order valence-electron chi connectivity index (χ2n) is 7.86. The minimum atomic E-state index is -0.613. The van der Waals surface area contributed by atoms with E-state index in [2.05, 4.69) is 0 Å². The third-order valence-corrected chi connectivity index (χ3v) is 6.38. The largest absolute Gasteiger partial charge is 0.359 e. The Hall–Kier alpha value is -2.25. The van der Waals surface area contributed by atoms with E-state index < -0.39 is 23.2 Å². The second kappa shape index (κ2) is 6.73. The minimum Gasteiger partial charge on any atom is -0.359 e. The van der Waals surface area contributed by atoms with E-state index in [0.29, 0.717) is 30.9 Å². The van der Waals surface area contributed by atoms with Gasteiger partial charge in [-0.2, -0.15) is 0 Å². The molecule has 0 N–H and O–H groups in total. The van der Waals surface area contributed by atoms with Crippen LogP contribution in [-0.4, -0.2) is 43.4 Å². The molecule has 4 aliphatic rings. The second-order valence-corrected chi connectivity index (χ2v) is 7.86. The standard InChI is InChI=1S/C20H23NO6/c1-25-13-26-12-19-6-9-20(10-7-19,11-8-19)18(24)27-21-16(22)14-4-2-3-5-15(14)17(21)23/h2-5H,6-13H2,1H3. The summed E-state index contributed by atoms with van der Waals surface area (Å²) in [5.41, 5.74) is 0.0258. The van der Waals surface area contributed by atoms with Crippen molar-refractivity contribution in [2.24, 2.45) is 10.8 Å². The molecule has 5 rings (SSSR count). The molecule has 0 radical (unpaired) electrons. The van der Waals surface area contributed by atoms with Crippen molar-refractivity contribution in [3.05, 3.63) is 35.4 Å². The van der Waals surface area contributed by atoms with Crippen molar-refractivity contribution < 1.29 is 28.7 Å². The molecule has 3 saturated carbocycles. The number of nitrogens with zero attached hydrogens (tertiary/aromatic N) is 1. The molecule has 0 spiro atoms. The van der Waals surface area contributed by atoms with Gasteiger partial charge in [0.1, 0.15) is 6.79 Å². The molecule has 7 nitrogen and oxygen atoms in total. The summed E-state index contributed by atoms with van der Waals surface area (Å²) in [4.78, 5) is 43.1. The first-order valence-corrected chi connectivity index (χ1v) is 9.27. The molecule has 0 saturated heterocycles. The monoisotopic (exact) mass is 373 g/mol. The molecule has 27 heavy (non-hydrogen) atoms. The van der Waals surface area contributed by atoms with E-state index >= 15 is 0 Å². The normalized spacial score (nSPS) is 29.1. The van der Waals surface area contributed by atoms with Crippen molar-refractivity contribution in [3.63, 3.8) is 0 Å². The zero-order chi connectivity index (χ0) is 19.1. The number of amides is 2. The van der Waals surface area contributed by atoms with E-state index in [9.17, 15) is 14.4 Å². The van der Waals surface area contributed by atoms with Gasteiger partial charge in [-0.3, -0.25) is 9.59 Å². The number of hydroxylamine groups is 2. The third-order valence-electron chi connectivity index (χ3n) is 6.38. The lowest BCUT2D eigenvalue weighted by Crippen LogP contribution is -2.50. The van der Waals surface area contributed by atoms with Crippen molar-refractivity contribution in [2.45, 2.75) is 38.5 Å². The van der Waals surface area contributed by atoms with Gasteiger partial charge >= 0.3 is 5.97 Å². The fourth-order valence-electron chi connectivity index (χ4n) is 4.56. The first-order chi connectivity index (χ1) is 13.0. The molecule has 2 bridgehead atoms. The lowest BCUT2D eigenvalue weighted by atomic mass is 9.54. The van der Waals surface area contributed by atoms with Crippen LogP contribution in [-0.2, 0) is 19.1 Å². The van der Waals surface area contributed by atoms with E-state index in [-0.39, 0.29) is 23.3 Å². The Labute approximate surface area is 157 Å². The number of imide groups is 1.